The lowest BCUT2D eigenvalue weighted by Crippen LogP contribution is -2.14. The molecule has 0 aliphatic heterocycles. The monoisotopic (exact) mass is 830 g/mol. The Bertz CT molecular complexity index is 3530. The van der Waals surface area contributed by atoms with Gasteiger partial charge in [0.05, 0.1) is 16.7 Å². The van der Waals surface area contributed by atoms with Gasteiger partial charge in [0.15, 0.2) is 0 Å². The zero-order valence-electron chi connectivity index (χ0n) is 36.5. The van der Waals surface area contributed by atoms with E-state index < -0.39 is 0 Å². The number of nitrogens with zero attached hydrogens (tertiary/aromatic N) is 2. The second-order valence-corrected chi connectivity index (χ2v) is 17.7. The predicted molar refractivity (Wildman–Crippen MR) is 275 cm³/mol. The van der Waals surface area contributed by atoms with Gasteiger partial charge in [-0.05, 0) is 134 Å². The summed E-state index contributed by atoms with van der Waals surface area (Å²) in [6, 6.07) is 88.7. The first-order valence-corrected chi connectivity index (χ1v) is 22.6. The highest BCUT2D eigenvalue weighted by molar-refractivity contribution is 6.11. The zero-order valence-corrected chi connectivity index (χ0v) is 36.5. The molecule has 0 N–H and O–H groups in total. The van der Waals surface area contributed by atoms with Crippen LogP contribution in [0.5, 0.6) is 0 Å². The molecule has 0 fully saturated rings. The van der Waals surface area contributed by atoms with Crippen molar-refractivity contribution >= 4 is 38.9 Å². The van der Waals surface area contributed by atoms with E-state index in [1.807, 2.05) is 0 Å². The van der Waals surface area contributed by atoms with E-state index in [2.05, 4.69) is 266 Å². The van der Waals surface area contributed by atoms with Gasteiger partial charge in [-0.15, -0.1) is 0 Å². The number of fused-ring (bicyclic) bond motifs is 6. The standard InChI is InChI=1S/C63H46N2/c1-63(2)58-24-14-12-23-54(58)55-37-30-49(42-59(55)63)48-32-39-62-57(41-48)56-40-47(31-38-61(56)65(62)50-20-10-5-11-21-50)45-28-35-52(36-29-45)64(51-33-26-44(27-34-51)43-16-6-3-7-17-43)60-25-15-13-22-53(60)46-18-8-4-9-19-46/h3-42H,1-2H3. The summed E-state index contributed by atoms with van der Waals surface area (Å²) in [5.74, 6) is 0. The smallest absolute Gasteiger partial charge is 0.0541 e. The first-order valence-electron chi connectivity index (χ1n) is 22.6. The third kappa shape index (κ3) is 6.57. The van der Waals surface area contributed by atoms with E-state index in [1.54, 1.807) is 0 Å². The number of hydrogen-bond acceptors (Lipinski definition) is 1. The molecule has 0 spiro atoms. The van der Waals surface area contributed by atoms with Crippen molar-refractivity contribution in [1.29, 1.82) is 0 Å². The van der Waals surface area contributed by atoms with E-state index in [4.69, 9.17) is 0 Å². The lowest BCUT2D eigenvalue weighted by Gasteiger charge is -2.28. The van der Waals surface area contributed by atoms with Crippen LogP contribution in [0.3, 0.4) is 0 Å². The normalized spacial score (nSPS) is 12.6. The van der Waals surface area contributed by atoms with Crippen molar-refractivity contribution < 1.29 is 0 Å². The number of para-hydroxylation sites is 2. The van der Waals surface area contributed by atoms with Gasteiger partial charge >= 0.3 is 0 Å². The summed E-state index contributed by atoms with van der Waals surface area (Å²) in [5.41, 5.74) is 21.9. The number of rotatable bonds is 8. The fraction of sp³-hybridized carbons (Fsp3) is 0.0476. The second kappa shape index (κ2) is 15.6. The molecule has 0 saturated carbocycles. The molecule has 65 heavy (non-hydrogen) atoms. The fourth-order valence-corrected chi connectivity index (χ4v) is 10.3. The van der Waals surface area contributed by atoms with Gasteiger partial charge in [0.1, 0.15) is 0 Å². The summed E-state index contributed by atoms with van der Waals surface area (Å²) < 4.78 is 2.41. The molecule has 1 aliphatic rings. The van der Waals surface area contributed by atoms with E-state index >= 15 is 0 Å². The summed E-state index contributed by atoms with van der Waals surface area (Å²) in [4.78, 5) is 2.39. The van der Waals surface area contributed by atoms with Crippen LogP contribution in [0.4, 0.5) is 17.1 Å². The van der Waals surface area contributed by atoms with Crippen LogP contribution in [0.2, 0.25) is 0 Å². The minimum atomic E-state index is -0.0604. The summed E-state index contributed by atoms with van der Waals surface area (Å²) in [6.45, 7) is 4.72. The van der Waals surface area contributed by atoms with E-state index in [1.165, 1.54) is 88.6 Å². The van der Waals surface area contributed by atoms with Crippen LogP contribution in [0, 0.1) is 0 Å². The van der Waals surface area contributed by atoms with Gasteiger partial charge in [-0.1, -0.05) is 184 Å². The Morgan fingerprint density at radius 3 is 1.38 bits per heavy atom. The maximum absolute atomic E-state index is 2.43. The average Bonchev–Trinajstić information content (AvgIpc) is 3.82. The molecule has 12 rings (SSSR count). The Labute approximate surface area is 381 Å². The Hall–Kier alpha value is -8.20. The maximum Gasteiger partial charge on any atom is 0.0541 e. The SMILES string of the molecule is CC1(C)c2ccccc2-c2ccc(-c3ccc4c(c3)c3cc(-c5ccc(N(c6ccc(-c7ccccc7)cc6)c6ccccc6-c6ccccc6)cc5)ccc3n4-c3ccccc3)cc21. The van der Waals surface area contributed by atoms with Crippen molar-refractivity contribution in [3.05, 3.63) is 254 Å². The van der Waals surface area contributed by atoms with Crippen molar-refractivity contribution in [3.8, 4) is 61.3 Å². The van der Waals surface area contributed by atoms with Crippen LogP contribution in [-0.4, -0.2) is 4.57 Å². The van der Waals surface area contributed by atoms with Crippen LogP contribution in [-0.2, 0) is 5.41 Å². The maximum atomic E-state index is 2.43. The molecule has 1 aromatic heterocycles. The van der Waals surface area contributed by atoms with Crippen LogP contribution < -0.4 is 4.90 Å². The molecule has 0 radical (unpaired) electrons. The Morgan fingerprint density at radius 2 is 0.754 bits per heavy atom. The summed E-state index contributed by atoms with van der Waals surface area (Å²) >= 11 is 0. The summed E-state index contributed by atoms with van der Waals surface area (Å²) in [7, 11) is 0. The van der Waals surface area contributed by atoms with Gasteiger partial charge in [0, 0.05) is 38.8 Å². The van der Waals surface area contributed by atoms with Gasteiger partial charge in [0.2, 0.25) is 0 Å². The van der Waals surface area contributed by atoms with Crippen molar-refractivity contribution in [2.45, 2.75) is 19.3 Å². The highest BCUT2D eigenvalue weighted by atomic mass is 15.1. The van der Waals surface area contributed by atoms with Gasteiger partial charge in [-0.25, -0.2) is 0 Å². The van der Waals surface area contributed by atoms with Gasteiger partial charge < -0.3 is 9.47 Å². The molecule has 0 atom stereocenters. The number of hydrogen-bond donors (Lipinski definition) is 0. The van der Waals surface area contributed by atoms with Crippen molar-refractivity contribution in [3.63, 3.8) is 0 Å². The molecular formula is C63H46N2. The number of anilines is 3. The summed E-state index contributed by atoms with van der Waals surface area (Å²) in [5, 5.41) is 2.48. The first-order chi connectivity index (χ1) is 32.0. The van der Waals surface area contributed by atoms with E-state index in [-0.39, 0.29) is 5.41 Å². The third-order valence-electron chi connectivity index (χ3n) is 13.6. The lowest BCUT2D eigenvalue weighted by molar-refractivity contribution is 0.660. The molecule has 11 aromatic rings. The average molecular weight is 831 g/mol. The van der Waals surface area contributed by atoms with E-state index in [0.717, 1.165) is 22.7 Å². The highest BCUT2D eigenvalue weighted by Crippen LogP contribution is 2.50. The Morgan fingerprint density at radius 1 is 0.323 bits per heavy atom. The minimum Gasteiger partial charge on any atom is -0.310 e. The molecule has 1 aliphatic carbocycles. The largest absolute Gasteiger partial charge is 0.310 e. The van der Waals surface area contributed by atoms with Gasteiger partial charge in [0.25, 0.3) is 0 Å². The first kappa shape index (κ1) is 38.5. The Kier molecular flexibility index (Phi) is 9.21. The number of benzene rings is 10. The van der Waals surface area contributed by atoms with Crippen molar-refractivity contribution in [2.24, 2.45) is 0 Å². The molecular weight excluding hydrogens is 785 g/mol. The zero-order chi connectivity index (χ0) is 43.5. The molecule has 308 valence electrons. The molecule has 0 bridgehead atoms. The highest BCUT2D eigenvalue weighted by Gasteiger charge is 2.35. The summed E-state index contributed by atoms with van der Waals surface area (Å²) in [6.07, 6.45) is 0. The van der Waals surface area contributed by atoms with Crippen LogP contribution >= 0.6 is 0 Å². The van der Waals surface area contributed by atoms with Crippen LogP contribution in [0.1, 0.15) is 25.0 Å². The molecule has 10 aromatic carbocycles. The lowest BCUT2D eigenvalue weighted by atomic mass is 9.81. The van der Waals surface area contributed by atoms with E-state index in [9.17, 15) is 0 Å². The molecule has 2 heteroatoms. The second-order valence-electron chi connectivity index (χ2n) is 17.7. The molecule has 0 saturated heterocycles. The van der Waals surface area contributed by atoms with E-state index in [0.29, 0.717) is 0 Å². The minimum absolute atomic E-state index is 0.0604. The third-order valence-corrected chi connectivity index (χ3v) is 13.6. The van der Waals surface area contributed by atoms with Crippen molar-refractivity contribution in [1.82, 2.24) is 4.57 Å². The van der Waals surface area contributed by atoms with Gasteiger partial charge in [-0.2, -0.15) is 0 Å². The van der Waals surface area contributed by atoms with Crippen LogP contribution in [0.25, 0.3) is 83.1 Å². The fourth-order valence-electron chi connectivity index (χ4n) is 10.3. The molecule has 2 nitrogen and oxygen atoms in total. The van der Waals surface area contributed by atoms with Crippen LogP contribution in [0.15, 0.2) is 243 Å². The molecule has 0 amide bonds. The molecule has 0 unspecified atom stereocenters. The Balaban J connectivity index is 0.963. The number of aromatic nitrogens is 1. The topological polar surface area (TPSA) is 8.17 Å². The quantitative estimate of drug-likeness (QED) is 0.148. The van der Waals surface area contributed by atoms with Crippen molar-refractivity contribution in [2.75, 3.05) is 4.90 Å². The molecule has 1 heterocycles. The predicted octanol–water partition coefficient (Wildman–Crippen LogP) is 17.2. The van der Waals surface area contributed by atoms with Gasteiger partial charge in [-0.3, -0.25) is 0 Å².